The van der Waals surface area contributed by atoms with E-state index < -0.39 is 5.60 Å². The summed E-state index contributed by atoms with van der Waals surface area (Å²) in [5.41, 5.74) is 1.70. The fourth-order valence-electron chi connectivity index (χ4n) is 2.97. The molecule has 0 spiro atoms. The van der Waals surface area contributed by atoms with E-state index in [0.717, 1.165) is 42.5 Å². The van der Waals surface area contributed by atoms with Crippen molar-refractivity contribution in [1.29, 1.82) is 0 Å². The number of likely N-dealkylation sites (tertiary alicyclic amines) is 1. The summed E-state index contributed by atoms with van der Waals surface area (Å²) < 4.78 is 1.05. The molecular weight excluding hydrogens is 362 g/mol. The molecule has 1 fully saturated rings. The summed E-state index contributed by atoms with van der Waals surface area (Å²) in [7, 11) is 0. The van der Waals surface area contributed by atoms with Crippen molar-refractivity contribution in [2.75, 3.05) is 13.1 Å². The van der Waals surface area contributed by atoms with Gasteiger partial charge in [-0.3, -0.25) is 4.90 Å². The molecule has 118 valence electrons. The maximum absolute atomic E-state index is 10.9. The van der Waals surface area contributed by atoms with Crippen LogP contribution in [-0.4, -0.2) is 23.1 Å². The zero-order chi connectivity index (χ0) is 14.7. The number of aliphatic hydroxyl groups is 1. The number of piperidine rings is 1. The third-order valence-electron chi connectivity index (χ3n) is 4.31. The Kier molecular flexibility index (Phi) is 6.04. The van der Waals surface area contributed by atoms with E-state index in [1.54, 1.807) is 0 Å². The van der Waals surface area contributed by atoms with Crippen LogP contribution in [0, 0.1) is 0 Å². The van der Waals surface area contributed by atoms with Gasteiger partial charge in [-0.1, -0.05) is 58.4 Å². The molecule has 0 radical (unpaired) electrons. The largest absolute Gasteiger partial charge is 0.385 e. The quantitative estimate of drug-likeness (QED) is 0.853. The highest BCUT2D eigenvalue weighted by atomic mass is 79.9. The first-order chi connectivity index (χ1) is 10.2. The molecule has 0 amide bonds. The normalized spacial score (nSPS) is 17.7. The summed E-state index contributed by atoms with van der Waals surface area (Å²) in [4.78, 5) is 2.42. The third kappa shape index (κ3) is 4.11. The van der Waals surface area contributed by atoms with Crippen LogP contribution in [0.5, 0.6) is 0 Å². The van der Waals surface area contributed by atoms with Gasteiger partial charge in [-0.15, -0.1) is 12.4 Å². The van der Waals surface area contributed by atoms with Gasteiger partial charge >= 0.3 is 0 Å². The van der Waals surface area contributed by atoms with Crippen LogP contribution in [0.25, 0.3) is 0 Å². The molecule has 2 aromatic rings. The van der Waals surface area contributed by atoms with E-state index in [0.29, 0.717) is 0 Å². The van der Waals surface area contributed by atoms with Crippen molar-refractivity contribution in [3.8, 4) is 0 Å². The lowest BCUT2D eigenvalue weighted by Crippen LogP contribution is -2.42. The summed E-state index contributed by atoms with van der Waals surface area (Å²) >= 11 is 3.44. The molecule has 0 saturated carbocycles. The predicted molar refractivity (Wildman–Crippen MR) is 96.2 cm³/mol. The van der Waals surface area contributed by atoms with Crippen molar-refractivity contribution < 1.29 is 5.11 Å². The first-order valence-electron chi connectivity index (χ1n) is 7.40. The molecule has 22 heavy (non-hydrogen) atoms. The van der Waals surface area contributed by atoms with E-state index in [4.69, 9.17) is 0 Å². The average Bonchev–Trinajstić information content (AvgIpc) is 2.51. The molecule has 1 N–H and O–H groups in total. The monoisotopic (exact) mass is 381 g/mol. The van der Waals surface area contributed by atoms with Crippen molar-refractivity contribution in [2.45, 2.75) is 25.0 Å². The molecule has 0 atom stereocenters. The van der Waals surface area contributed by atoms with Gasteiger partial charge in [0.05, 0.1) is 5.60 Å². The van der Waals surface area contributed by atoms with Crippen molar-refractivity contribution in [3.05, 3.63) is 70.2 Å². The minimum atomic E-state index is -0.673. The lowest BCUT2D eigenvalue weighted by molar-refractivity contribution is -0.0277. The summed E-state index contributed by atoms with van der Waals surface area (Å²) in [5, 5.41) is 10.9. The molecule has 1 aliphatic heterocycles. The van der Waals surface area contributed by atoms with Gasteiger partial charge in [0, 0.05) is 24.1 Å². The van der Waals surface area contributed by atoms with Crippen molar-refractivity contribution in [1.82, 2.24) is 4.90 Å². The average molecular weight is 383 g/mol. The van der Waals surface area contributed by atoms with Crippen LogP contribution in [0.3, 0.4) is 0 Å². The van der Waals surface area contributed by atoms with E-state index in [-0.39, 0.29) is 12.4 Å². The highest BCUT2D eigenvalue weighted by molar-refractivity contribution is 9.10. The van der Waals surface area contributed by atoms with Crippen LogP contribution < -0.4 is 0 Å². The van der Waals surface area contributed by atoms with Crippen LogP contribution in [-0.2, 0) is 12.1 Å². The SMILES string of the molecule is Cl.OC1(c2ccc(Br)cc2)CCN(Cc2ccccc2)CC1. The summed E-state index contributed by atoms with van der Waals surface area (Å²) in [6.45, 7) is 2.83. The number of rotatable bonds is 3. The highest BCUT2D eigenvalue weighted by Gasteiger charge is 2.33. The second kappa shape index (κ2) is 7.60. The molecular formula is C18H21BrClNO. The smallest absolute Gasteiger partial charge is 0.0920 e. The maximum Gasteiger partial charge on any atom is 0.0920 e. The van der Waals surface area contributed by atoms with Crippen LogP contribution in [0.4, 0.5) is 0 Å². The fourth-order valence-corrected chi connectivity index (χ4v) is 3.24. The van der Waals surface area contributed by atoms with E-state index >= 15 is 0 Å². The molecule has 0 unspecified atom stereocenters. The first-order valence-corrected chi connectivity index (χ1v) is 8.20. The van der Waals surface area contributed by atoms with Crippen LogP contribution in [0.15, 0.2) is 59.1 Å². The Hall–Kier alpha value is -0.870. The lowest BCUT2D eigenvalue weighted by Gasteiger charge is -2.38. The van der Waals surface area contributed by atoms with Gasteiger partial charge in [-0.25, -0.2) is 0 Å². The minimum absolute atomic E-state index is 0. The Morgan fingerprint density at radius 2 is 1.55 bits per heavy atom. The van der Waals surface area contributed by atoms with Gasteiger partial charge in [0.25, 0.3) is 0 Å². The van der Waals surface area contributed by atoms with Crippen LogP contribution >= 0.6 is 28.3 Å². The van der Waals surface area contributed by atoms with E-state index in [1.807, 2.05) is 30.3 Å². The molecule has 1 saturated heterocycles. The van der Waals surface area contributed by atoms with Gasteiger partial charge in [0.15, 0.2) is 0 Å². The Labute approximate surface area is 146 Å². The van der Waals surface area contributed by atoms with E-state index in [9.17, 15) is 5.11 Å². The lowest BCUT2D eigenvalue weighted by atomic mass is 9.84. The molecule has 0 bridgehead atoms. The zero-order valence-corrected chi connectivity index (χ0v) is 14.8. The highest BCUT2D eigenvalue weighted by Crippen LogP contribution is 2.33. The number of nitrogens with zero attached hydrogens (tertiary/aromatic N) is 1. The van der Waals surface area contributed by atoms with Crippen molar-refractivity contribution >= 4 is 28.3 Å². The maximum atomic E-state index is 10.9. The number of halogens is 2. The Bertz CT molecular complexity index is 580. The van der Waals surface area contributed by atoms with Gasteiger partial charge in [-0.05, 0) is 36.1 Å². The number of hydrogen-bond acceptors (Lipinski definition) is 2. The Morgan fingerprint density at radius 3 is 2.14 bits per heavy atom. The molecule has 4 heteroatoms. The van der Waals surface area contributed by atoms with Gasteiger partial charge < -0.3 is 5.11 Å². The molecule has 3 rings (SSSR count). The fraction of sp³-hybridized carbons (Fsp3) is 0.333. The molecule has 1 heterocycles. The Balaban J connectivity index is 0.00000176. The summed E-state index contributed by atoms with van der Waals surface area (Å²) in [6.07, 6.45) is 1.59. The van der Waals surface area contributed by atoms with Crippen LogP contribution in [0.2, 0.25) is 0 Å². The molecule has 1 aliphatic rings. The minimum Gasteiger partial charge on any atom is -0.385 e. The Morgan fingerprint density at radius 1 is 0.955 bits per heavy atom. The topological polar surface area (TPSA) is 23.5 Å². The summed E-state index contributed by atoms with van der Waals surface area (Å²) in [6, 6.07) is 18.6. The number of hydrogen-bond donors (Lipinski definition) is 1. The van der Waals surface area contributed by atoms with Crippen molar-refractivity contribution in [3.63, 3.8) is 0 Å². The van der Waals surface area contributed by atoms with Gasteiger partial charge in [0.1, 0.15) is 0 Å². The van der Waals surface area contributed by atoms with Crippen molar-refractivity contribution in [2.24, 2.45) is 0 Å². The molecule has 0 aliphatic carbocycles. The first kappa shape index (κ1) is 17.5. The van der Waals surface area contributed by atoms with Crippen LogP contribution in [0.1, 0.15) is 24.0 Å². The van der Waals surface area contributed by atoms with Gasteiger partial charge in [-0.2, -0.15) is 0 Å². The zero-order valence-electron chi connectivity index (χ0n) is 12.4. The van der Waals surface area contributed by atoms with Gasteiger partial charge in [0.2, 0.25) is 0 Å². The molecule has 2 nitrogen and oxygen atoms in total. The molecule has 2 aromatic carbocycles. The third-order valence-corrected chi connectivity index (χ3v) is 4.84. The predicted octanol–water partition coefficient (Wildman–Crippen LogP) is 4.35. The summed E-state index contributed by atoms with van der Waals surface area (Å²) in [5.74, 6) is 0. The standard InChI is InChI=1S/C18H20BrNO.ClH/c19-17-8-6-16(7-9-17)18(21)10-12-20(13-11-18)14-15-4-2-1-3-5-15;/h1-9,21H,10-14H2;1H. The number of benzene rings is 2. The second-order valence-corrected chi connectivity index (χ2v) is 6.72. The van der Waals surface area contributed by atoms with E-state index in [2.05, 4.69) is 45.1 Å². The second-order valence-electron chi connectivity index (χ2n) is 5.80. The van der Waals surface area contributed by atoms with E-state index in [1.165, 1.54) is 5.56 Å². The molecule has 0 aromatic heterocycles.